The zero-order chi connectivity index (χ0) is 17.3. The van der Waals surface area contributed by atoms with E-state index in [4.69, 9.17) is 4.98 Å². The molecule has 0 radical (unpaired) electrons. The summed E-state index contributed by atoms with van der Waals surface area (Å²) in [6.07, 6.45) is 5.44. The number of aromatic nitrogens is 4. The quantitative estimate of drug-likeness (QED) is 0.896. The molecular weight excluding hydrogens is 304 g/mol. The zero-order valence-electron chi connectivity index (χ0n) is 14.6. The molecule has 0 amide bonds. The van der Waals surface area contributed by atoms with Gasteiger partial charge in [0.2, 0.25) is 5.95 Å². The molecule has 0 bridgehead atoms. The zero-order valence-corrected chi connectivity index (χ0v) is 14.6. The van der Waals surface area contributed by atoms with Crippen LogP contribution in [0.5, 0.6) is 0 Å². The molecule has 3 rings (SSSR count). The number of aryl methyl sites for hydroxylation is 1. The third-order valence-electron chi connectivity index (χ3n) is 4.55. The molecule has 1 saturated heterocycles. The molecule has 2 atom stereocenters. The number of hydrogen-bond donors (Lipinski definition) is 1. The number of β-amino-alcohol motifs (C(OH)–C–C–N with tert-alkyl or cyclic N) is 1. The van der Waals surface area contributed by atoms with Gasteiger partial charge in [0, 0.05) is 63.0 Å². The maximum absolute atomic E-state index is 10.5. The van der Waals surface area contributed by atoms with Crippen molar-refractivity contribution >= 4 is 11.8 Å². The number of anilines is 2. The lowest BCUT2D eigenvalue weighted by atomic mass is 10.0. The van der Waals surface area contributed by atoms with Crippen LogP contribution in [0.2, 0.25) is 0 Å². The molecule has 2 aromatic rings. The molecule has 128 valence electrons. The fourth-order valence-electron chi connectivity index (χ4n) is 3.04. The second-order valence-electron chi connectivity index (χ2n) is 6.59. The number of rotatable bonds is 4. The molecule has 7 heteroatoms. The predicted molar refractivity (Wildman–Crippen MR) is 93.3 cm³/mol. The van der Waals surface area contributed by atoms with Crippen molar-refractivity contribution in [2.75, 3.05) is 37.0 Å². The van der Waals surface area contributed by atoms with Crippen molar-refractivity contribution in [3.63, 3.8) is 0 Å². The summed E-state index contributed by atoms with van der Waals surface area (Å²) in [5.74, 6) is 1.73. The van der Waals surface area contributed by atoms with Crippen LogP contribution in [-0.2, 0) is 6.42 Å². The molecule has 0 saturated carbocycles. The Morgan fingerprint density at radius 1 is 1.21 bits per heavy atom. The Bertz CT molecular complexity index is 706. The molecular formula is C17H24N6O. The highest BCUT2D eigenvalue weighted by molar-refractivity contribution is 5.53. The Balaban J connectivity index is 1.82. The summed E-state index contributed by atoms with van der Waals surface area (Å²) >= 11 is 0. The van der Waals surface area contributed by atoms with Crippen LogP contribution < -0.4 is 9.80 Å². The van der Waals surface area contributed by atoms with Gasteiger partial charge in [0.25, 0.3) is 0 Å². The fourth-order valence-corrected chi connectivity index (χ4v) is 3.04. The van der Waals surface area contributed by atoms with Gasteiger partial charge in [-0.05, 0) is 20.3 Å². The molecule has 3 heterocycles. The summed E-state index contributed by atoms with van der Waals surface area (Å²) in [6.45, 7) is 5.36. The molecule has 2 aromatic heterocycles. The van der Waals surface area contributed by atoms with Gasteiger partial charge in [-0.2, -0.15) is 4.98 Å². The highest BCUT2D eigenvalue weighted by Crippen LogP contribution is 2.29. The van der Waals surface area contributed by atoms with E-state index in [1.165, 1.54) is 0 Å². The Hall–Kier alpha value is -2.28. The average Bonchev–Trinajstić information content (AvgIpc) is 2.91. The predicted octanol–water partition coefficient (Wildman–Crippen LogP) is 0.989. The molecule has 0 aliphatic carbocycles. The lowest BCUT2D eigenvalue weighted by molar-refractivity contribution is 0.147. The standard InChI is InChI=1S/C17H24N6O/c1-11-12(2)20-17(22(3)4)21-16(11)23-9-13(15(24)10-23)7-14-8-18-5-6-19-14/h5-6,8,13,15,24H,7,9-10H2,1-4H3/t13-,15-/m1/s1. The summed E-state index contributed by atoms with van der Waals surface area (Å²) < 4.78 is 0. The first kappa shape index (κ1) is 16.6. The van der Waals surface area contributed by atoms with E-state index in [9.17, 15) is 5.11 Å². The van der Waals surface area contributed by atoms with Crippen molar-refractivity contribution < 1.29 is 5.11 Å². The van der Waals surface area contributed by atoms with Gasteiger partial charge in [-0.3, -0.25) is 9.97 Å². The van der Waals surface area contributed by atoms with Gasteiger partial charge in [-0.15, -0.1) is 0 Å². The van der Waals surface area contributed by atoms with Gasteiger partial charge in [-0.1, -0.05) is 0 Å². The minimum atomic E-state index is -0.399. The number of aliphatic hydroxyl groups excluding tert-OH is 1. The van der Waals surface area contributed by atoms with E-state index in [0.717, 1.165) is 35.7 Å². The van der Waals surface area contributed by atoms with Crippen molar-refractivity contribution in [3.05, 3.63) is 35.5 Å². The molecule has 0 unspecified atom stereocenters. The molecule has 7 nitrogen and oxygen atoms in total. The highest BCUT2D eigenvalue weighted by Gasteiger charge is 2.33. The summed E-state index contributed by atoms with van der Waals surface area (Å²) in [5.41, 5.74) is 2.94. The van der Waals surface area contributed by atoms with E-state index < -0.39 is 6.10 Å². The Morgan fingerprint density at radius 2 is 2.00 bits per heavy atom. The van der Waals surface area contributed by atoms with Crippen LogP contribution in [0.1, 0.15) is 17.0 Å². The van der Waals surface area contributed by atoms with Crippen molar-refractivity contribution in [1.82, 2.24) is 19.9 Å². The van der Waals surface area contributed by atoms with Gasteiger partial charge < -0.3 is 14.9 Å². The van der Waals surface area contributed by atoms with E-state index >= 15 is 0 Å². The molecule has 0 spiro atoms. The first-order valence-electron chi connectivity index (χ1n) is 8.16. The topological polar surface area (TPSA) is 78.3 Å². The minimum absolute atomic E-state index is 0.124. The largest absolute Gasteiger partial charge is 0.391 e. The normalized spacial score (nSPS) is 20.5. The highest BCUT2D eigenvalue weighted by atomic mass is 16.3. The monoisotopic (exact) mass is 328 g/mol. The van der Waals surface area contributed by atoms with E-state index in [-0.39, 0.29) is 5.92 Å². The third-order valence-corrected chi connectivity index (χ3v) is 4.55. The van der Waals surface area contributed by atoms with Crippen LogP contribution in [0.3, 0.4) is 0 Å². The third kappa shape index (κ3) is 3.31. The smallest absolute Gasteiger partial charge is 0.227 e. The van der Waals surface area contributed by atoms with Crippen LogP contribution in [-0.4, -0.2) is 58.3 Å². The Labute approximate surface area is 142 Å². The van der Waals surface area contributed by atoms with Crippen LogP contribution >= 0.6 is 0 Å². The van der Waals surface area contributed by atoms with Crippen molar-refractivity contribution in [2.24, 2.45) is 5.92 Å². The number of hydrogen-bond acceptors (Lipinski definition) is 7. The summed E-state index contributed by atoms with van der Waals surface area (Å²) in [4.78, 5) is 21.7. The SMILES string of the molecule is Cc1nc(N(C)C)nc(N2C[C@@H](Cc3cnccn3)[C@H](O)C2)c1C. The number of nitrogens with zero attached hydrogens (tertiary/aromatic N) is 6. The van der Waals surface area contributed by atoms with Crippen molar-refractivity contribution in [3.8, 4) is 0 Å². The lowest BCUT2D eigenvalue weighted by Gasteiger charge is -2.22. The van der Waals surface area contributed by atoms with E-state index in [2.05, 4.69) is 19.9 Å². The first-order chi connectivity index (χ1) is 11.5. The fraction of sp³-hybridized carbons (Fsp3) is 0.529. The van der Waals surface area contributed by atoms with Crippen molar-refractivity contribution in [2.45, 2.75) is 26.4 Å². The number of aliphatic hydroxyl groups is 1. The molecule has 0 aromatic carbocycles. The lowest BCUT2D eigenvalue weighted by Crippen LogP contribution is -2.25. The second kappa shape index (κ2) is 6.68. The van der Waals surface area contributed by atoms with Crippen molar-refractivity contribution in [1.29, 1.82) is 0 Å². The maximum Gasteiger partial charge on any atom is 0.227 e. The molecule has 24 heavy (non-hydrogen) atoms. The van der Waals surface area contributed by atoms with Gasteiger partial charge in [-0.25, -0.2) is 4.98 Å². The summed E-state index contributed by atoms with van der Waals surface area (Å²) in [5, 5.41) is 10.5. The molecule has 1 fully saturated rings. The summed E-state index contributed by atoms with van der Waals surface area (Å²) in [7, 11) is 3.87. The van der Waals surface area contributed by atoms with Crippen LogP contribution in [0.4, 0.5) is 11.8 Å². The first-order valence-corrected chi connectivity index (χ1v) is 8.16. The molecule has 1 aliphatic rings. The van der Waals surface area contributed by atoms with E-state index in [1.54, 1.807) is 18.6 Å². The van der Waals surface area contributed by atoms with E-state index in [1.807, 2.05) is 32.8 Å². The Morgan fingerprint density at radius 3 is 2.67 bits per heavy atom. The second-order valence-corrected chi connectivity index (χ2v) is 6.59. The van der Waals surface area contributed by atoms with Crippen LogP contribution in [0.25, 0.3) is 0 Å². The maximum atomic E-state index is 10.5. The van der Waals surface area contributed by atoms with Crippen LogP contribution in [0.15, 0.2) is 18.6 Å². The van der Waals surface area contributed by atoms with Gasteiger partial charge in [0.1, 0.15) is 5.82 Å². The van der Waals surface area contributed by atoms with Gasteiger partial charge >= 0.3 is 0 Å². The van der Waals surface area contributed by atoms with Gasteiger partial charge in [0.15, 0.2) is 0 Å². The summed E-state index contributed by atoms with van der Waals surface area (Å²) in [6, 6.07) is 0. The minimum Gasteiger partial charge on any atom is -0.391 e. The molecule has 1 aliphatic heterocycles. The average molecular weight is 328 g/mol. The van der Waals surface area contributed by atoms with Gasteiger partial charge in [0.05, 0.1) is 11.8 Å². The van der Waals surface area contributed by atoms with Crippen LogP contribution in [0, 0.1) is 19.8 Å². The van der Waals surface area contributed by atoms with E-state index in [0.29, 0.717) is 12.5 Å². The Kier molecular flexibility index (Phi) is 4.62. The molecule has 1 N–H and O–H groups in total.